The third-order valence-electron chi connectivity index (χ3n) is 10.2. The molecule has 1 aromatic carbocycles. The van der Waals surface area contributed by atoms with E-state index in [0.717, 1.165) is 114 Å². The number of carbonyl (C=O) groups excluding carboxylic acids is 2. The molecule has 1 saturated heterocycles. The zero-order valence-corrected chi connectivity index (χ0v) is 27.1. The third kappa shape index (κ3) is 5.46. The number of nitrogens with one attached hydrogen (secondary N) is 2. The fourth-order valence-electron chi connectivity index (χ4n) is 7.58. The highest BCUT2D eigenvalue weighted by Gasteiger charge is 2.29. The quantitative estimate of drug-likeness (QED) is 0.295. The maximum Gasteiger partial charge on any atom is 0.272 e. The molecule has 5 aromatic rings. The first-order valence-corrected chi connectivity index (χ1v) is 17.1. The summed E-state index contributed by atoms with van der Waals surface area (Å²) in [5.41, 5.74) is 7.51. The smallest absolute Gasteiger partial charge is 0.272 e. The van der Waals surface area contributed by atoms with Gasteiger partial charge in [-0.3, -0.25) is 14.6 Å². The minimum atomic E-state index is -0.315. The maximum absolute atomic E-state index is 13.7. The zero-order valence-electron chi connectivity index (χ0n) is 27.1. The van der Waals surface area contributed by atoms with Gasteiger partial charge in [-0.15, -0.1) is 0 Å². The largest absolute Gasteiger partial charge is 0.343 e. The molecule has 0 saturated carbocycles. The third-order valence-corrected chi connectivity index (χ3v) is 10.2. The van der Waals surface area contributed by atoms with Crippen molar-refractivity contribution in [3.05, 3.63) is 70.9 Å². The van der Waals surface area contributed by atoms with E-state index in [1.807, 2.05) is 24.0 Å². The topological polar surface area (TPSA) is 123 Å². The normalized spacial score (nSPS) is 20.7. The molecule has 4 aromatic heterocycles. The minimum Gasteiger partial charge on any atom is -0.343 e. The summed E-state index contributed by atoms with van der Waals surface area (Å²) >= 11 is 0. The fourth-order valence-corrected chi connectivity index (χ4v) is 7.58. The summed E-state index contributed by atoms with van der Waals surface area (Å²) in [5, 5.41) is 7.71. The number of piperidine rings is 1. The van der Waals surface area contributed by atoms with Crippen LogP contribution in [0.15, 0.2) is 42.7 Å². The number of fused-ring (bicyclic) bond motifs is 4. The van der Waals surface area contributed by atoms with E-state index in [1.165, 1.54) is 12.8 Å². The molecule has 242 valence electrons. The number of amides is 2. The predicted molar refractivity (Wildman–Crippen MR) is 180 cm³/mol. The van der Waals surface area contributed by atoms with E-state index in [2.05, 4.69) is 55.0 Å². The highest BCUT2D eigenvalue weighted by molar-refractivity contribution is 6.00. The molecule has 2 atom stereocenters. The Labute approximate surface area is 273 Å². The average molecular weight is 632 g/mol. The van der Waals surface area contributed by atoms with E-state index in [1.54, 1.807) is 12.4 Å². The Morgan fingerprint density at radius 1 is 0.936 bits per heavy atom. The van der Waals surface area contributed by atoms with Crippen molar-refractivity contribution in [2.24, 2.45) is 7.05 Å². The number of nitrogens with zero attached hydrogens (tertiary/aromatic N) is 7. The van der Waals surface area contributed by atoms with E-state index in [-0.39, 0.29) is 17.9 Å². The van der Waals surface area contributed by atoms with Gasteiger partial charge < -0.3 is 24.7 Å². The van der Waals surface area contributed by atoms with E-state index < -0.39 is 0 Å². The number of carbonyl (C=O) groups is 2. The number of imidazole rings is 1. The molecular weight excluding hydrogens is 590 g/mol. The van der Waals surface area contributed by atoms with E-state index in [4.69, 9.17) is 9.97 Å². The average Bonchev–Trinajstić information content (AvgIpc) is 3.61. The zero-order chi connectivity index (χ0) is 32.1. The van der Waals surface area contributed by atoms with Gasteiger partial charge in [-0.25, -0.2) is 15.0 Å². The Bertz CT molecular complexity index is 2000. The number of hydrogen-bond acceptors (Lipinski definition) is 7. The van der Waals surface area contributed by atoms with Crippen LogP contribution in [0.25, 0.3) is 33.6 Å². The molecule has 0 spiro atoms. The van der Waals surface area contributed by atoms with Crippen molar-refractivity contribution in [2.45, 2.75) is 76.9 Å². The first kappa shape index (κ1) is 29.7. The molecule has 2 bridgehead atoms. The van der Waals surface area contributed by atoms with Gasteiger partial charge in [0.1, 0.15) is 11.3 Å². The lowest BCUT2D eigenvalue weighted by Gasteiger charge is -2.33. The molecule has 2 N–H and O–H groups in total. The number of aryl methyl sites for hydroxylation is 3. The van der Waals surface area contributed by atoms with Gasteiger partial charge in [-0.05, 0) is 87.9 Å². The second-order valence-corrected chi connectivity index (χ2v) is 13.3. The number of pyridine rings is 1. The van der Waals surface area contributed by atoms with Crippen molar-refractivity contribution < 1.29 is 9.59 Å². The van der Waals surface area contributed by atoms with Crippen molar-refractivity contribution >= 4 is 33.9 Å². The number of aromatic nitrogens is 6. The molecule has 7 heterocycles. The van der Waals surface area contributed by atoms with Gasteiger partial charge in [0.05, 0.1) is 34.2 Å². The molecule has 0 aliphatic carbocycles. The highest BCUT2D eigenvalue weighted by Crippen LogP contribution is 2.33. The van der Waals surface area contributed by atoms with Crippen LogP contribution in [-0.2, 0) is 26.4 Å². The second-order valence-electron chi connectivity index (χ2n) is 13.3. The monoisotopic (exact) mass is 631 g/mol. The molecule has 1 fully saturated rings. The summed E-state index contributed by atoms with van der Waals surface area (Å²) in [5.74, 6) is 0.733. The summed E-state index contributed by atoms with van der Waals surface area (Å²) < 4.78 is 4.43. The molecule has 2 amide bonds. The molecule has 0 radical (unpaired) electrons. The SMILES string of the molecule is CC1NC(=O)c2nccnc2CCCCCn2c(-c3nc4cc5c(cc4n3C)CCN(C[C@H]3CCCCN3)C5=O)cc3ccc1nc32. The Balaban J connectivity index is 1.15. The van der Waals surface area contributed by atoms with Gasteiger partial charge in [0.15, 0.2) is 5.82 Å². The minimum absolute atomic E-state index is 0.113. The molecule has 3 aliphatic rings. The maximum atomic E-state index is 13.7. The van der Waals surface area contributed by atoms with E-state index in [0.29, 0.717) is 18.2 Å². The van der Waals surface area contributed by atoms with Gasteiger partial charge in [-0.1, -0.05) is 12.8 Å². The van der Waals surface area contributed by atoms with Crippen LogP contribution >= 0.6 is 0 Å². The van der Waals surface area contributed by atoms with Crippen molar-refractivity contribution in [1.82, 2.24) is 44.6 Å². The second kappa shape index (κ2) is 12.2. The Hall–Kier alpha value is -4.64. The molecule has 1 unspecified atom stereocenters. The Morgan fingerprint density at radius 3 is 2.70 bits per heavy atom. The number of benzene rings is 1. The summed E-state index contributed by atoms with van der Waals surface area (Å²) in [4.78, 5) is 48.0. The van der Waals surface area contributed by atoms with Gasteiger partial charge in [0, 0.05) is 56.1 Å². The van der Waals surface area contributed by atoms with Crippen LogP contribution in [0.3, 0.4) is 0 Å². The lowest BCUT2D eigenvalue weighted by atomic mass is 9.96. The van der Waals surface area contributed by atoms with Gasteiger partial charge in [-0.2, -0.15) is 0 Å². The van der Waals surface area contributed by atoms with Crippen LogP contribution < -0.4 is 10.6 Å². The molecule has 47 heavy (non-hydrogen) atoms. The number of hydrogen-bond donors (Lipinski definition) is 2. The fraction of sp³-hybridized carbons (Fsp3) is 0.444. The van der Waals surface area contributed by atoms with E-state index >= 15 is 0 Å². The van der Waals surface area contributed by atoms with Crippen molar-refractivity contribution in [3.63, 3.8) is 0 Å². The summed E-state index contributed by atoms with van der Waals surface area (Å²) in [6.45, 7) is 5.28. The molecule has 8 rings (SSSR count). The number of rotatable bonds is 3. The van der Waals surface area contributed by atoms with Crippen LogP contribution in [0, 0.1) is 0 Å². The highest BCUT2D eigenvalue weighted by atomic mass is 16.2. The predicted octanol–water partition coefficient (Wildman–Crippen LogP) is 4.74. The molecule has 11 nitrogen and oxygen atoms in total. The lowest BCUT2D eigenvalue weighted by molar-refractivity contribution is 0.0715. The molecular formula is C36H41N9O2. The standard InChI is InChI=1S/C36H41N9O2/c1-22-27-11-10-24-19-31(45(33(24)41-27)16-7-3-4-9-28-32(35(46)40-22)39-15-14-38-28)34-42-29-20-26-23(18-30(29)43(34)2)12-17-44(36(26)47)21-25-8-5-6-13-37-25/h10-11,14-15,18-20,22,25,37H,3-9,12-13,16-17,21H2,1-2H3,(H,40,46)/t22?,25-/m1/s1. The summed E-state index contributed by atoms with van der Waals surface area (Å²) in [6, 6.07) is 10.5. The first-order valence-electron chi connectivity index (χ1n) is 17.1. The first-order chi connectivity index (χ1) is 22.9. The van der Waals surface area contributed by atoms with Crippen LogP contribution in [0.4, 0.5) is 0 Å². The van der Waals surface area contributed by atoms with Crippen molar-refractivity contribution in [3.8, 4) is 11.5 Å². The Kier molecular flexibility index (Phi) is 7.71. The van der Waals surface area contributed by atoms with Gasteiger partial charge >= 0.3 is 0 Å². The Morgan fingerprint density at radius 2 is 1.83 bits per heavy atom. The van der Waals surface area contributed by atoms with Crippen molar-refractivity contribution in [1.29, 1.82) is 0 Å². The van der Waals surface area contributed by atoms with Crippen LogP contribution in [0.5, 0.6) is 0 Å². The summed E-state index contributed by atoms with van der Waals surface area (Å²) in [7, 11) is 2.06. The molecule has 3 aliphatic heterocycles. The van der Waals surface area contributed by atoms with Crippen LogP contribution in [0.1, 0.15) is 89.3 Å². The van der Waals surface area contributed by atoms with Crippen molar-refractivity contribution in [2.75, 3.05) is 19.6 Å². The van der Waals surface area contributed by atoms with Gasteiger partial charge in [0.25, 0.3) is 11.8 Å². The lowest BCUT2D eigenvalue weighted by Crippen LogP contribution is -2.48. The van der Waals surface area contributed by atoms with E-state index in [9.17, 15) is 9.59 Å². The summed E-state index contributed by atoms with van der Waals surface area (Å²) in [6.07, 6.45) is 11.2. The molecule has 11 heteroatoms. The van der Waals surface area contributed by atoms with Crippen LogP contribution in [-0.4, -0.2) is 71.5 Å². The van der Waals surface area contributed by atoms with Crippen LogP contribution in [0.2, 0.25) is 0 Å². The van der Waals surface area contributed by atoms with Gasteiger partial charge in [0.2, 0.25) is 0 Å².